The van der Waals surface area contributed by atoms with Gasteiger partial charge in [-0.3, -0.25) is 14.9 Å². The molecule has 3 rings (SSSR count). The lowest BCUT2D eigenvalue weighted by Crippen LogP contribution is -2.50. The number of nitrogens with one attached hydrogen (secondary N) is 3. The average Bonchev–Trinajstić information content (AvgIpc) is 2.76. The Kier molecular flexibility index (Phi) is 3.60. The molecule has 2 aliphatic rings. The first kappa shape index (κ1) is 14.6. The molecule has 1 aromatic rings. The number of urea groups is 1. The lowest BCUT2D eigenvalue weighted by molar-refractivity contribution is -0.128. The standard InChI is InChI=1S/C16H19N3O3/c1-10-2-4-12(5-3-10)17-13(20)11-6-8-16(9-7-11)14(21)18-15(22)19-16/h2-5,11H,6-9H2,1H3,(H,17,20)(H2,18,19,21,22). The van der Waals surface area contributed by atoms with Crippen molar-refractivity contribution < 1.29 is 14.4 Å². The molecule has 0 aromatic heterocycles. The lowest BCUT2D eigenvalue weighted by Gasteiger charge is -2.33. The molecule has 1 saturated heterocycles. The van der Waals surface area contributed by atoms with Crippen molar-refractivity contribution in [2.24, 2.45) is 5.92 Å². The summed E-state index contributed by atoms with van der Waals surface area (Å²) in [7, 11) is 0. The molecular formula is C16H19N3O3. The van der Waals surface area contributed by atoms with Crippen LogP contribution in [0, 0.1) is 12.8 Å². The molecule has 3 N–H and O–H groups in total. The first-order valence-electron chi connectivity index (χ1n) is 7.50. The monoisotopic (exact) mass is 301 g/mol. The summed E-state index contributed by atoms with van der Waals surface area (Å²) >= 11 is 0. The van der Waals surface area contributed by atoms with Gasteiger partial charge in [-0.25, -0.2) is 4.79 Å². The predicted octanol–water partition coefficient (Wildman–Crippen LogP) is 1.70. The Labute approximate surface area is 128 Å². The lowest BCUT2D eigenvalue weighted by atomic mass is 9.76. The first-order chi connectivity index (χ1) is 10.5. The van der Waals surface area contributed by atoms with E-state index in [2.05, 4.69) is 16.0 Å². The van der Waals surface area contributed by atoms with Crippen molar-refractivity contribution in [3.8, 4) is 0 Å². The van der Waals surface area contributed by atoms with Crippen molar-refractivity contribution in [3.63, 3.8) is 0 Å². The first-order valence-corrected chi connectivity index (χ1v) is 7.50. The number of anilines is 1. The molecule has 2 fully saturated rings. The Morgan fingerprint density at radius 2 is 1.82 bits per heavy atom. The molecule has 0 unspecified atom stereocenters. The summed E-state index contributed by atoms with van der Waals surface area (Å²) < 4.78 is 0. The largest absolute Gasteiger partial charge is 0.326 e. The highest BCUT2D eigenvalue weighted by atomic mass is 16.2. The van der Waals surface area contributed by atoms with Gasteiger partial charge in [-0.2, -0.15) is 0 Å². The fourth-order valence-electron chi connectivity index (χ4n) is 3.13. The van der Waals surface area contributed by atoms with Crippen molar-refractivity contribution in [3.05, 3.63) is 29.8 Å². The normalized spacial score (nSPS) is 27.4. The quantitative estimate of drug-likeness (QED) is 0.727. The zero-order chi connectivity index (χ0) is 15.7. The van der Waals surface area contributed by atoms with Gasteiger partial charge in [0.05, 0.1) is 0 Å². The molecule has 1 aliphatic heterocycles. The molecular weight excluding hydrogens is 282 g/mol. The van der Waals surface area contributed by atoms with Crippen molar-refractivity contribution in [2.75, 3.05) is 5.32 Å². The second kappa shape index (κ2) is 5.44. The Balaban J connectivity index is 1.59. The number of aryl methyl sites for hydroxylation is 1. The van der Waals surface area contributed by atoms with E-state index in [0.29, 0.717) is 25.7 Å². The number of imide groups is 1. The number of carbonyl (C=O) groups excluding carboxylic acids is 3. The van der Waals surface area contributed by atoms with Crippen LogP contribution in [0.3, 0.4) is 0 Å². The van der Waals surface area contributed by atoms with E-state index in [0.717, 1.165) is 11.3 Å². The van der Waals surface area contributed by atoms with Crippen LogP contribution >= 0.6 is 0 Å². The van der Waals surface area contributed by atoms with Crippen LogP contribution in [0.2, 0.25) is 0 Å². The summed E-state index contributed by atoms with van der Waals surface area (Å²) in [4.78, 5) is 35.5. The van der Waals surface area contributed by atoms with Gasteiger partial charge in [0, 0.05) is 11.6 Å². The van der Waals surface area contributed by atoms with Crippen molar-refractivity contribution in [1.29, 1.82) is 0 Å². The molecule has 4 amide bonds. The maximum atomic E-state index is 12.3. The molecule has 6 nitrogen and oxygen atoms in total. The third-order valence-electron chi connectivity index (χ3n) is 4.54. The molecule has 0 atom stereocenters. The van der Waals surface area contributed by atoms with E-state index < -0.39 is 11.6 Å². The summed E-state index contributed by atoms with van der Waals surface area (Å²) in [5.74, 6) is -0.421. The Morgan fingerprint density at radius 3 is 2.36 bits per heavy atom. The highest BCUT2D eigenvalue weighted by molar-refractivity contribution is 6.07. The molecule has 1 spiro atoms. The number of carbonyl (C=O) groups is 3. The van der Waals surface area contributed by atoms with Gasteiger partial charge in [-0.15, -0.1) is 0 Å². The zero-order valence-electron chi connectivity index (χ0n) is 12.4. The summed E-state index contributed by atoms with van der Waals surface area (Å²) in [5.41, 5.74) is 1.11. The van der Waals surface area contributed by atoms with Gasteiger partial charge in [0.25, 0.3) is 5.91 Å². The topological polar surface area (TPSA) is 87.3 Å². The smallest absolute Gasteiger partial charge is 0.322 e. The minimum Gasteiger partial charge on any atom is -0.326 e. The van der Waals surface area contributed by atoms with Crippen LogP contribution in [0.4, 0.5) is 10.5 Å². The van der Waals surface area contributed by atoms with Gasteiger partial charge in [0.15, 0.2) is 0 Å². The highest BCUT2D eigenvalue weighted by Gasteiger charge is 2.48. The van der Waals surface area contributed by atoms with Gasteiger partial charge < -0.3 is 10.6 Å². The van der Waals surface area contributed by atoms with Crippen LogP contribution in [0.25, 0.3) is 0 Å². The third kappa shape index (κ3) is 2.68. The molecule has 22 heavy (non-hydrogen) atoms. The van der Waals surface area contributed by atoms with E-state index in [1.54, 1.807) is 0 Å². The van der Waals surface area contributed by atoms with Crippen LogP contribution in [0.5, 0.6) is 0 Å². The number of rotatable bonds is 2. The Hall–Kier alpha value is -2.37. The summed E-state index contributed by atoms with van der Waals surface area (Å²) in [5, 5.41) is 7.89. The molecule has 0 radical (unpaired) electrons. The number of hydrogen-bond donors (Lipinski definition) is 3. The second-order valence-electron chi connectivity index (χ2n) is 6.12. The molecule has 1 aromatic carbocycles. The third-order valence-corrected chi connectivity index (χ3v) is 4.54. The summed E-state index contributed by atoms with van der Waals surface area (Å²) in [6.07, 6.45) is 2.17. The highest BCUT2D eigenvalue weighted by Crippen LogP contribution is 2.34. The van der Waals surface area contributed by atoms with E-state index in [4.69, 9.17) is 0 Å². The van der Waals surface area contributed by atoms with Crippen LogP contribution in [0.15, 0.2) is 24.3 Å². The fraction of sp³-hybridized carbons (Fsp3) is 0.438. The molecule has 116 valence electrons. The van der Waals surface area contributed by atoms with Gasteiger partial charge in [-0.05, 0) is 44.7 Å². The second-order valence-corrected chi connectivity index (χ2v) is 6.12. The number of benzene rings is 1. The van der Waals surface area contributed by atoms with Crippen molar-refractivity contribution >= 4 is 23.5 Å². The summed E-state index contributed by atoms with van der Waals surface area (Å²) in [6, 6.07) is 7.21. The molecule has 1 saturated carbocycles. The SMILES string of the molecule is Cc1ccc(NC(=O)C2CCC3(CC2)NC(=O)NC3=O)cc1. The maximum Gasteiger partial charge on any atom is 0.322 e. The predicted molar refractivity (Wildman–Crippen MR) is 81.2 cm³/mol. The van der Waals surface area contributed by atoms with E-state index in [1.807, 2.05) is 31.2 Å². The average molecular weight is 301 g/mol. The Bertz CT molecular complexity index is 616. The minimum atomic E-state index is -0.808. The van der Waals surface area contributed by atoms with E-state index >= 15 is 0 Å². The maximum absolute atomic E-state index is 12.3. The molecule has 6 heteroatoms. The minimum absolute atomic E-state index is 0.0246. The van der Waals surface area contributed by atoms with Gasteiger partial charge in [-0.1, -0.05) is 17.7 Å². The van der Waals surface area contributed by atoms with Crippen molar-refractivity contribution in [1.82, 2.24) is 10.6 Å². The number of amides is 4. The Morgan fingerprint density at radius 1 is 1.18 bits per heavy atom. The van der Waals surface area contributed by atoms with Crippen LogP contribution < -0.4 is 16.0 Å². The van der Waals surface area contributed by atoms with Crippen LogP contribution in [-0.4, -0.2) is 23.4 Å². The van der Waals surface area contributed by atoms with E-state index in [1.165, 1.54) is 0 Å². The van der Waals surface area contributed by atoms with Gasteiger partial charge in [0.2, 0.25) is 5.91 Å². The number of hydrogen-bond acceptors (Lipinski definition) is 3. The van der Waals surface area contributed by atoms with Crippen molar-refractivity contribution in [2.45, 2.75) is 38.1 Å². The van der Waals surface area contributed by atoms with Crippen LogP contribution in [0.1, 0.15) is 31.2 Å². The van der Waals surface area contributed by atoms with Gasteiger partial charge in [0.1, 0.15) is 5.54 Å². The zero-order valence-corrected chi connectivity index (χ0v) is 12.4. The van der Waals surface area contributed by atoms with E-state index in [-0.39, 0.29) is 17.7 Å². The van der Waals surface area contributed by atoms with Gasteiger partial charge >= 0.3 is 6.03 Å². The molecule has 1 heterocycles. The summed E-state index contributed by atoms with van der Waals surface area (Å²) in [6.45, 7) is 1.99. The van der Waals surface area contributed by atoms with Crippen LogP contribution in [-0.2, 0) is 9.59 Å². The molecule has 0 bridgehead atoms. The van der Waals surface area contributed by atoms with E-state index in [9.17, 15) is 14.4 Å². The fourth-order valence-corrected chi connectivity index (χ4v) is 3.13. The molecule has 1 aliphatic carbocycles.